The maximum Gasteiger partial charge on any atom is 0.165 e. The first-order chi connectivity index (χ1) is 26.8. The van der Waals surface area contributed by atoms with Gasteiger partial charge in [-0.15, -0.1) is 11.3 Å². The van der Waals surface area contributed by atoms with Crippen LogP contribution in [0.2, 0.25) is 0 Å². The van der Waals surface area contributed by atoms with E-state index in [1.54, 1.807) is 11.3 Å². The molecule has 0 spiro atoms. The Morgan fingerprint density at radius 1 is 0.611 bits per heavy atom. The largest absolute Gasteiger partial charge is 0.456 e. The first-order valence-electron chi connectivity index (χ1n) is 18.4. The minimum absolute atomic E-state index is 0.769. The van der Waals surface area contributed by atoms with E-state index in [0.29, 0.717) is 0 Å². The number of hydrogen-bond donors (Lipinski definition) is 0. The second kappa shape index (κ2) is 10.4. The maximum atomic E-state index is 7.20. The summed E-state index contributed by atoms with van der Waals surface area (Å²) in [6.45, 7) is 0. The van der Waals surface area contributed by atoms with Crippen molar-refractivity contribution in [2.24, 2.45) is 0 Å². The molecule has 0 radical (unpaired) electrons. The molecule has 0 aliphatic heterocycles. The summed E-state index contributed by atoms with van der Waals surface area (Å²) in [7, 11) is 0. The van der Waals surface area contributed by atoms with Crippen LogP contribution in [-0.4, -0.2) is 14.5 Å². The molecule has 0 fully saturated rings. The molecular formula is C48H27N3O2S. The lowest BCUT2D eigenvalue weighted by atomic mass is 9.89. The van der Waals surface area contributed by atoms with Gasteiger partial charge < -0.3 is 8.83 Å². The number of rotatable bonds is 2. The number of para-hydroxylation sites is 2. The van der Waals surface area contributed by atoms with Gasteiger partial charge in [0.25, 0.3) is 0 Å². The third-order valence-corrected chi connectivity index (χ3v) is 12.5. The predicted octanol–water partition coefficient (Wildman–Crippen LogP) is 13.5. The zero-order valence-electron chi connectivity index (χ0n) is 28.8. The first-order valence-corrected chi connectivity index (χ1v) is 19.2. The van der Waals surface area contributed by atoms with Gasteiger partial charge in [-0.1, -0.05) is 103 Å². The van der Waals surface area contributed by atoms with E-state index >= 15 is 0 Å². The highest BCUT2D eigenvalue weighted by Crippen LogP contribution is 2.48. The minimum atomic E-state index is 0.769. The van der Waals surface area contributed by atoms with Crippen LogP contribution in [0.25, 0.3) is 120 Å². The van der Waals surface area contributed by atoms with Gasteiger partial charge in [-0.25, -0.2) is 9.97 Å². The second-order valence-corrected chi connectivity index (χ2v) is 15.4. The van der Waals surface area contributed by atoms with E-state index < -0.39 is 0 Å². The van der Waals surface area contributed by atoms with E-state index in [9.17, 15) is 0 Å². The minimum Gasteiger partial charge on any atom is -0.456 e. The Morgan fingerprint density at radius 3 is 2.33 bits per heavy atom. The van der Waals surface area contributed by atoms with Crippen molar-refractivity contribution in [3.05, 3.63) is 145 Å². The van der Waals surface area contributed by atoms with E-state index in [1.807, 2.05) is 12.1 Å². The lowest BCUT2D eigenvalue weighted by Gasteiger charge is -2.16. The Hall–Kier alpha value is -6.76. The van der Waals surface area contributed by atoms with Crippen molar-refractivity contribution >= 4 is 114 Å². The summed E-state index contributed by atoms with van der Waals surface area (Å²) >= 11 is 1.68. The number of allylic oxidation sites excluding steroid dienone is 1. The Balaban J connectivity index is 1.24. The number of thiophene rings is 1. The van der Waals surface area contributed by atoms with Crippen LogP contribution in [0.3, 0.4) is 0 Å². The van der Waals surface area contributed by atoms with Crippen LogP contribution in [0.4, 0.5) is 0 Å². The van der Waals surface area contributed by atoms with Crippen LogP contribution in [0.15, 0.2) is 142 Å². The third-order valence-electron chi connectivity index (χ3n) is 11.5. The fourth-order valence-corrected chi connectivity index (χ4v) is 10.2. The molecule has 0 unspecified atom stereocenters. The maximum absolute atomic E-state index is 7.20. The molecule has 54 heavy (non-hydrogen) atoms. The van der Waals surface area contributed by atoms with Crippen molar-refractivity contribution in [3.8, 4) is 17.1 Å². The number of furan rings is 2. The fourth-order valence-electron chi connectivity index (χ4n) is 9.13. The van der Waals surface area contributed by atoms with Crippen LogP contribution in [0, 0.1) is 0 Å². The summed E-state index contributed by atoms with van der Waals surface area (Å²) in [5, 5.41) is 10.2. The highest BCUT2D eigenvalue weighted by Gasteiger charge is 2.29. The Morgan fingerprint density at radius 2 is 1.39 bits per heavy atom. The molecule has 5 heterocycles. The van der Waals surface area contributed by atoms with Crippen molar-refractivity contribution < 1.29 is 8.83 Å². The molecule has 252 valence electrons. The molecule has 7 aromatic carbocycles. The van der Waals surface area contributed by atoms with Crippen molar-refractivity contribution in [1.82, 2.24) is 14.5 Å². The molecule has 13 rings (SSSR count). The molecule has 0 atom stereocenters. The molecule has 6 heteroatoms. The average Bonchev–Trinajstić information content (AvgIpc) is 3.99. The van der Waals surface area contributed by atoms with Gasteiger partial charge >= 0.3 is 0 Å². The highest BCUT2D eigenvalue weighted by molar-refractivity contribution is 7.25. The normalized spacial score (nSPS) is 13.3. The zero-order chi connectivity index (χ0) is 35.1. The molecule has 1 aliphatic carbocycles. The quantitative estimate of drug-likeness (QED) is 0.179. The summed E-state index contributed by atoms with van der Waals surface area (Å²) in [5.41, 5.74) is 10.8. The zero-order valence-corrected chi connectivity index (χ0v) is 29.6. The first kappa shape index (κ1) is 28.8. The Bertz CT molecular complexity index is 3630. The molecule has 0 amide bonds. The molecule has 0 N–H and O–H groups in total. The smallest absolute Gasteiger partial charge is 0.165 e. The van der Waals surface area contributed by atoms with Gasteiger partial charge in [-0.2, -0.15) is 0 Å². The highest BCUT2D eigenvalue weighted by atomic mass is 32.1. The van der Waals surface area contributed by atoms with Crippen LogP contribution in [0.1, 0.15) is 17.5 Å². The summed E-state index contributed by atoms with van der Waals surface area (Å²) in [6.07, 6.45) is 6.55. The SMILES string of the molecule is C1=Cc2c(c3c4ccccc4n(-c4nc5c(nc4-c4ccc6c(c4)oc4ccccc46)sc4ccccc45)c3c3oc4c5ccccc5ccc4c23)CC1. The third kappa shape index (κ3) is 3.72. The molecule has 1 aliphatic rings. The van der Waals surface area contributed by atoms with E-state index in [1.165, 1.54) is 21.9 Å². The van der Waals surface area contributed by atoms with Crippen molar-refractivity contribution in [2.75, 3.05) is 0 Å². The molecular weight excluding hydrogens is 683 g/mol. The van der Waals surface area contributed by atoms with Gasteiger partial charge in [0, 0.05) is 53.4 Å². The van der Waals surface area contributed by atoms with Crippen molar-refractivity contribution in [1.29, 1.82) is 0 Å². The molecule has 5 nitrogen and oxygen atoms in total. The summed E-state index contributed by atoms with van der Waals surface area (Å²) in [5.74, 6) is 0.769. The number of aryl methyl sites for hydroxylation is 1. The van der Waals surface area contributed by atoms with Crippen LogP contribution in [-0.2, 0) is 6.42 Å². The number of fused-ring (bicyclic) bond motifs is 18. The van der Waals surface area contributed by atoms with Crippen molar-refractivity contribution in [2.45, 2.75) is 12.8 Å². The summed E-state index contributed by atoms with van der Waals surface area (Å²) < 4.78 is 17.1. The molecule has 12 aromatic rings. The number of hydrogen-bond acceptors (Lipinski definition) is 5. The van der Waals surface area contributed by atoms with Gasteiger partial charge in [0.1, 0.15) is 32.8 Å². The number of benzene rings is 7. The lowest BCUT2D eigenvalue weighted by molar-refractivity contribution is 0.669. The van der Waals surface area contributed by atoms with E-state index in [-0.39, 0.29) is 0 Å². The van der Waals surface area contributed by atoms with Crippen LogP contribution >= 0.6 is 11.3 Å². The van der Waals surface area contributed by atoms with Crippen molar-refractivity contribution in [3.63, 3.8) is 0 Å². The summed E-state index contributed by atoms with van der Waals surface area (Å²) in [6, 6.07) is 44.9. The molecule has 0 saturated carbocycles. The number of nitrogens with zero attached hydrogens (tertiary/aromatic N) is 3. The Labute approximate surface area is 311 Å². The van der Waals surface area contributed by atoms with Gasteiger partial charge in [-0.3, -0.25) is 4.57 Å². The average molecular weight is 710 g/mol. The fraction of sp³-hybridized carbons (Fsp3) is 0.0417. The van der Waals surface area contributed by atoms with Gasteiger partial charge in [-0.05, 0) is 65.8 Å². The lowest BCUT2D eigenvalue weighted by Crippen LogP contribution is -2.04. The van der Waals surface area contributed by atoms with E-state index in [0.717, 1.165) is 116 Å². The summed E-state index contributed by atoms with van der Waals surface area (Å²) in [4.78, 5) is 12.1. The Kier molecular flexibility index (Phi) is 5.56. The molecule has 0 bridgehead atoms. The molecule has 5 aromatic heterocycles. The standard InChI is InChI=1S/C48H27N3O2S/c1-2-12-28-26(11-1)21-24-35-41-32-15-4-3-14-31(32)40-33-16-5-8-18-36(33)51(44(40)46(41)53-45(28)35)47-42(50-48-43(49-47)34-17-7-10-20-39(34)54-48)27-22-23-30-29-13-6-9-19-37(29)52-38(30)25-27/h1-2,4-13,15-25H,3,14H2. The number of aromatic nitrogens is 3. The van der Waals surface area contributed by atoms with Crippen LogP contribution in [0.5, 0.6) is 0 Å². The molecule has 0 saturated heterocycles. The van der Waals surface area contributed by atoms with Gasteiger partial charge in [0.15, 0.2) is 11.4 Å². The van der Waals surface area contributed by atoms with Gasteiger partial charge in [0.2, 0.25) is 0 Å². The van der Waals surface area contributed by atoms with E-state index in [4.69, 9.17) is 18.8 Å². The van der Waals surface area contributed by atoms with E-state index in [2.05, 4.69) is 132 Å². The monoisotopic (exact) mass is 709 g/mol. The topological polar surface area (TPSA) is 57.0 Å². The van der Waals surface area contributed by atoms with Gasteiger partial charge in [0.05, 0.1) is 11.0 Å². The van der Waals surface area contributed by atoms with Crippen LogP contribution < -0.4 is 0 Å². The predicted molar refractivity (Wildman–Crippen MR) is 224 cm³/mol. The second-order valence-electron chi connectivity index (χ2n) is 14.3.